The number of rotatable bonds is 3. The van der Waals surface area contributed by atoms with E-state index in [9.17, 15) is 5.11 Å². The summed E-state index contributed by atoms with van der Waals surface area (Å²) in [6.45, 7) is 2.10. The van der Waals surface area contributed by atoms with Crippen LogP contribution in [-0.2, 0) is 6.42 Å². The van der Waals surface area contributed by atoms with E-state index in [2.05, 4.69) is 23.1 Å². The van der Waals surface area contributed by atoms with E-state index in [4.69, 9.17) is 4.52 Å². The van der Waals surface area contributed by atoms with Crippen LogP contribution in [0.3, 0.4) is 0 Å². The van der Waals surface area contributed by atoms with Gasteiger partial charge in [0.1, 0.15) is 5.75 Å². The maximum absolute atomic E-state index is 9.46. The van der Waals surface area contributed by atoms with Gasteiger partial charge in [0.2, 0.25) is 5.82 Å². The number of hydrogen-bond donors (Lipinski definition) is 1. The second-order valence-electron chi connectivity index (χ2n) is 4.10. The first-order valence-electron chi connectivity index (χ1n) is 5.97. The Kier molecular flexibility index (Phi) is 3.05. The summed E-state index contributed by atoms with van der Waals surface area (Å²) in [5, 5.41) is 15.5. The van der Waals surface area contributed by atoms with Gasteiger partial charge in [-0.3, -0.25) is 0 Å². The first kappa shape index (κ1) is 11.9. The molecule has 0 bridgehead atoms. The Hall–Kier alpha value is -2.14. The summed E-state index contributed by atoms with van der Waals surface area (Å²) in [6, 6.07) is 8.88. The van der Waals surface area contributed by atoms with Gasteiger partial charge in [-0.05, 0) is 35.6 Å². The van der Waals surface area contributed by atoms with Crippen molar-refractivity contribution in [3.8, 4) is 27.9 Å². The normalized spacial score (nSPS) is 10.8. The molecule has 0 aliphatic heterocycles. The summed E-state index contributed by atoms with van der Waals surface area (Å²) in [5.41, 5.74) is 1.95. The molecule has 96 valence electrons. The minimum absolute atomic E-state index is 0.189. The van der Waals surface area contributed by atoms with E-state index in [-0.39, 0.29) is 5.75 Å². The Balaban J connectivity index is 2.00. The maximum atomic E-state index is 9.46. The van der Waals surface area contributed by atoms with Gasteiger partial charge in [0.25, 0.3) is 5.89 Å². The predicted octanol–water partition coefficient (Wildman–Crippen LogP) is 3.73. The zero-order chi connectivity index (χ0) is 13.2. The van der Waals surface area contributed by atoms with Crippen molar-refractivity contribution >= 4 is 11.3 Å². The van der Waals surface area contributed by atoms with Gasteiger partial charge in [-0.2, -0.15) is 4.98 Å². The van der Waals surface area contributed by atoms with E-state index < -0.39 is 0 Å². The molecule has 3 aromatic rings. The molecule has 0 saturated carbocycles. The number of thiophene rings is 1. The average molecular weight is 272 g/mol. The van der Waals surface area contributed by atoms with Gasteiger partial charge in [-0.1, -0.05) is 24.2 Å². The van der Waals surface area contributed by atoms with E-state index in [1.54, 1.807) is 29.5 Å². The number of nitrogens with zero attached hydrogens (tertiary/aromatic N) is 2. The summed E-state index contributed by atoms with van der Waals surface area (Å²) >= 11 is 1.59. The molecule has 0 spiro atoms. The largest absolute Gasteiger partial charge is 0.508 e. The van der Waals surface area contributed by atoms with Crippen LogP contribution in [0.25, 0.3) is 22.2 Å². The van der Waals surface area contributed by atoms with Crippen LogP contribution < -0.4 is 0 Å². The Morgan fingerprint density at radius 2 is 2.21 bits per heavy atom. The van der Waals surface area contributed by atoms with Gasteiger partial charge in [0, 0.05) is 5.56 Å². The minimum atomic E-state index is 0.189. The van der Waals surface area contributed by atoms with Gasteiger partial charge >= 0.3 is 0 Å². The molecule has 0 saturated heterocycles. The number of aromatic nitrogens is 2. The summed E-state index contributed by atoms with van der Waals surface area (Å²) in [4.78, 5) is 5.41. The summed E-state index contributed by atoms with van der Waals surface area (Å²) in [6.07, 6.45) is 0.933. The van der Waals surface area contributed by atoms with Crippen LogP contribution in [0.2, 0.25) is 0 Å². The fourth-order valence-electron chi connectivity index (χ4n) is 1.88. The summed E-state index contributed by atoms with van der Waals surface area (Å²) in [7, 11) is 0. The highest BCUT2D eigenvalue weighted by atomic mass is 32.1. The third kappa shape index (κ3) is 2.24. The molecule has 0 fully saturated rings. The molecule has 0 aliphatic rings. The number of phenolic OH excluding ortho intramolecular Hbond substituents is 1. The lowest BCUT2D eigenvalue weighted by molar-refractivity contribution is 0.433. The molecule has 0 aliphatic carbocycles. The van der Waals surface area contributed by atoms with Crippen LogP contribution in [0.1, 0.15) is 12.5 Å². The van der Waals surface area contributed by atoms with Gasteiger partial charge in [-0.25, -0.2) is 0 Å². The highest BCUT2D eigenvalue weighted by Crippen LogP contribution is 2.30. The Morgan fingerprint density at radius 3 is 3.00 bits per heavy atom. The van der Waals surface area contributed by atoms with Crippen LogP contribution in [0.4, 0.5) is 0 Å². The SMILES string of the molecule is CCc1ccsc1-c1nc(-c2cccc(O)c2)no1. The first-order valence-corrected chi connectivity index (χ1v) is 6.85. The molecule has 0 unspecified atom stereocenters. The molecule has 3 rings (SSSR count). The molecule has 2 heterocycles. The van der Waals surface area contributed by atoms with Crippen molar-refractivity contribution in [3.63, 3.8) is 0 Å². The minimum Gasteiger partial charge on any atom is -0.508 e. The third-order valence-corrected chi connectivity index (χ3v) is 3.80. The van der Waals surface area contributed by atoms with Crippen molar-refractivity contribution in [2.75, 3.05) is 0 Å². The van der Waals surface area contributed by atoms with E-state index in [0.29, 0.717) is 11.7 Å². The zero-order valence-electron chi connectivity index (χ0n) is 10.3. The lowest BCUT2D eigenvalue weighted by Crippen LogP contribution is -1.82. The van der Waals surface area contributed by atoms with Gasteiger partial charge in [-0.15, -0.1) is 11.3 Å². The summed E-state index contributed by atoms with van der Waals surface area (Å²) < 4.78 is 5.31. The van der Waals surface area contributed by atoms with E-state index in [0.717, 1.165) is 16.9 Å². The Labute approximate surface area is 114 Å². The molecule has 2 aromatic heterocycles. The molecule has 4 nitrogen and oxygen atoms in total. The zero-order valence-corrected chi connectivity index (χ0v) is 11.1. The van der Waals surface area contributed by atoms with Crippen molar-refractivity contribution in [2.24, 2.45) is 0 Å². The van der Waals surface area contributed by atoms with Crippen LogP contribution in [-0.4, -0.2) is 15.2 Å². The van der Waals surface area contributed by atoms with Crippen molar-refractivity contribution in [2.45, 2.75) is 13.3 Å². The molecule has 0 radical (unpaired) electrons. The van der Waals surface area contributed by atoms with E-state index in [1.807, 2.05) is 11.4 Å². The topological polar surface area (TPSA) is 59.2 Å². The Bertz CT molecular complexity index is 703. The number of benzene rings is 1. The molecule has 1 N–H and O–H groups in total. The molecular formula is C14H12N2O2S. The second-order valence-corrected chi connectivity index (χ2v) is 5.02. The lowest BCUT2D eigenvalue weighted by Gasteiger charge is -1.95. The second kappa shape index (κ2) is 4.85. The third-order valence-electron chi connectivity index (χ3n) is 2.85. The van der Waals surface area contributed by atoms with Gasteiger partial charge in [0.15, 0.2) is 0 Å². The van der Waals surface area contributed by atoms with E-state index in [1.165, 1.54) is 5.56 Å². The standard InChI is InChI=1S/C14H12N2O2S/c1-2-9-6-7-19-12(9)14-15-13(16-18-14)10-4-3-5-11(17)8-10/h3-8,17H,2H2,1H3. The Morgan fingerprint density at radius 1 is 1.32 bits per heavy atom. The van der Waals surface area contributed by atoms with Gasteiger partial charge < -0.3 is 9.63 Å². The molecule has 19 heavy (non-hydrogen) atoms. The number of aromatic hydroxyl groups is 1. The lowest BCUT2D eigenvalue weighted by atomic mass is 10.2. The maximum Gasteiger partial charge on any atom is 0.268 e. The van der Waals surface area contributed by atoms with Crippen LogP contribution in [0, 0.1) is 0 Å². The number of aryl methyl sites for hydroxylation is 1. The fraction of sp³-hybridized carbons (Fsp3) is 0.143. The monoisotopic (exact) mass is 272 g/mol. The smallest absolute Gasteiger partial charge is 0.268 e. The van der Waals surface area contributed by atoms with Gasteiger partial charge in [0.05, 0.1) is 4.88 Å². The van der Waals surface area contributed by atoms with Crippen molar-refractivity contribution in [1.29, 1.82) is 0 Å². The van der Waals surface area contributed by atoms with Crippen molar-refractivity contribution < 1.29 is 9.63 Å². The summed E-state index contributed by atoms with van der Waals surface area (Å²) in [5.74, 6) is 1.21. The van der Waals surface area contributed by atoms with E-state index >= 15 is 0 Å². The average Bonchev–Trinajstić information content (AvgIpc) is 3.07. The van der Waals surface area contributed by atoms with Crippen LogP contribution in [0.15, 0.2) is 40.2 Å². The fourth-order valence-corrected chi connectivity index (χ4v) is 2.80. The molecular weight excluding hydrogens is 260 g/mol. The highest BCUT2D eigenvalue weighted by Gasteiger charge is 2.14. The molecule has 0 amide bonds. The molecule has 0 atom stereocenters. The molecule has 5 heteroatoms. The van der Waals surface area contributed by atoms with Crippen LogP contribution in [0.5, 0.6) is 5.75 Å². The van der Waals surface area contributed by atoms with Crippen molar-refractivity contribution in [1.82, 2.24) is 10.1 Å². The number of phenols is 1. The van der Waals surface area contributed by atoms with Crippen LogP contribution >= 0.6 is 11.3 Å². The first-order chi connectivity index (χ1) is 9.28. The quantitative estimate of drug-likeness (QED) is 0.789. The molecule has 1 aromatic carbocycles. The van der Waals surface area contributed by atoms with Crippen molar-refractivity contribution in [3.05, 3.63) is 41.3 Å². The highest BCUT2D eigenvalue weighted by molar-refractivity contribution is 7.13. The predicted molar refractivity (Wildman–Crippen MR) is 74.1 cm³/mol. The number of hydrogen-bond acceptors (Lipinski definition) is 5.